The van der Waals surface area contributed by atoms with E-state index < -0.39 is 0 Å². The van der Waals surface area contributed by atoms with Crippen LogP contribution in [-0.2, 0) is 4.74 Å². The highest BCUT2D eigenvalue weighted by Crippen LogP contribution is 2.12. The van der Waals surface area contributed by atoms with Crippen molar-refractivity contribution in [3.63, 3.8) is 0 Å². The van der Waals surface area contributed by atoms with Crippen molar-refractivity contribution in [1.82, 2.24) is 5.32 Å². The minimum atomic E-state index is -0.172. The zero-order valence-corrected chi connectivity index (χ0v) is 5.98. The van der Waals surface area contributed by atoms with Gasteiger partial charge in [0.1, 0.15) is 0 Å². The minimum Gasteiger partial charge on any atom is -0.378 e. The van der Waals surface area contributed by atoms with Gasteiger partial charge in [0, 0.05) is 20.2 Å². The Labute approximate surface area is 55.6 Å². The molecule has 9 heavy (non-hydrogen) atoms. The van der Waals surface area contributed by atoms with Crippen LogP contribution in [0.3, 0.4) is 0 Å². The highest BCUT2D eigenvalue weighted by atomic mass is 16.5. The Kier molecular flexibility index (Phi) is 1.75. The van der Waals surface area contributed by atoms with Gasteiger partial charge in [0.25, 0.3) is 0 Å². The molecule has 1 aliphatic heterocycles. The number of ether oxygens (including phenoxy) is 1. The second kappa shape index (κ2) is 2.25. The molecule has 0 amide bonds. The molecule has 1 rings (SSSR count). The van der Waals surface area contributed by atoms with Crippen LogP contribution >= 0.6 is 0 Å². The zero-order chi connectivity index (χ0) is 6.91. The van der Waals surface area contributed by atoms with Crippen molar-refractivity contribution in [2.75, 3.05) is 20.2 Å². The van der Waals surface area contributed by atoms with E-state index in [2.05, 4.69) is 5.32 Å². The van der Waals surface area contributed by atoms with Crippen LogP contribution in [0.2, 0.25) is 0 Å². The predicted molar refractivity (Wildman–Crippen MR) is 36.3 cm³/mol. The maximum Gasteiger partial charge on any atom is 0.0884 e. The monoisotopic (exact) mass is 130 g/mol. The maximum atomic E-state index is 5.85. The summed E-state index contributed by atoms with van der Waals surface area (Å²) in [5, 5.41) is 3.16. The summed E-state index contributed by atoms with van der Waals surface area (Å²) in [5.74, 6) is 0. The summed E-state index contributed by atoms with van der Waals surface area (Å²) in [4.78, 5) is 0. The van der Waals surface area contributed by atoms with Gasteiger partial charge < -0.3 is 15.8 Å². The van der Waals surface area contributed by atoms with Gasteiger partial charge >= 0.3 is 0 Å². The van der Waals surface area contributed by atoms with Gasteiger partial charge in [-0.15, -0.1) is 0 Å². The lowest BCUT2D eigenvalue weighted by molar-refractivity contribution is 0.0747. The molecule has 54 valence electrons. The highest BCUT2D eigenvalue weighted by molar-refractivity contribution is 4.97. The fourth-order valence-electron chi connectivity index (χ4n) is 1.17. The molecule has 1 saturated heterocycles. The van der Waals surface area contributed by atoms with Crippen molar-refractivity contribution in [3.05, 3.63) is 0 Å². The lowest BCUT2D eigenvalue weighted by Crippen LogP contribution is -2.48. The average molecular weight is 130 g/mol. The Morgan fingerprint density at radius 3 is 2.67 bits per heavy atom. The molecule has 0 aliphatic carbocycles. The summed E-state index contributed by atoms with van der Waals surface area (Å²) in [6.07, 6.45) is 0.178. The lowest BCUT2D eigenvalue weighted by Gasteiger charge is -2.23. The van der Waals surface area contributed by atoms with Crippen molar-refractivity contribution < 1.29 is 4.74 Å². The van der Waals surface area contributed by atoms with E-state index in [1.54, 1.807) is 7.11 Å². The molecule has 0 aromatic heterocycles. The summed E-state index contributed by atoms with van der Waals surface area (Å²) in [5.41, 5.74) is 5.67. The first-order valence-electron chi connectivity index (χ1n) is 3.19. The van der Waals surface area contributed by atoms with Gasteiger partial charge in [-0.25, -0.2) is 0 Å². The number of methoxy groups -OCH3 is 1. The third kappa shape index (κ3) is 1.23. The molecular weight excluding hydrogens is 116 g/mol. The molecule has 0 saturated carbocycles. The van der Waals surface area contributed by atoms with Crippen molar-refractivity contribution in [2.24, 2.45) is 5.73 Å². The first kappa shape index (κ1) is 6.99. The van der Waals surface area contributed by atoms with Crippen LogP contribution < -0.4 is 11.1 Å². The van der Waals surface area contributed by atoms with Crippen LogP contribution in [0.4, 0.5) is 0 Å². The van der Waals surface area contributed by atoms with E-state index in [9.17, 15) is 0 Å². The Morgan fingerprint density at radius 1 is 1.78 bits per heavy atom. The predicted octanol–water partition coefficient (Wildman–Crippen LogP) is -0.678. The van der Waals surface area contributed by atoms with Crippen molar-refractivity contribution in [1.29, 1.82) is 0 Å². The van der Waals surface area contributed by atoms with Gasteiger partial charge in [0.2, 0.25) is 0 Å². The summed E-state index contributed by atoms with van der Waals surface area (Å²) in [7, 11) is 1.70. The largest absolute Gasteiger partial charge is 0.378 e. The van der Waals surface area contributed by atoms with Gasteiger partial charge in [0.05, 0.1) is 11.6 Å². The van der Waals surface area contributed by atoms with Crippen molar-refractivity contribution in [3.8, 4) is 0 Å². The Hall–Kier alpha value is -0.120. The molecule has 3 heteroatoms. The minimum absolute atomic E-state index is 0.172. The zero-order valence-electron chi connectivity index (χ0n) is 5.98. The van der Waals surface area contributed by atoms with Crippen molar-refractivity contribution in [2.45, 2.75) is 18.6 Å². The second-order valence-corrected chi connectivity index (χ2v) is 2.86. The number of rotatable bonds is 1. The molecule has 3 N–H and O–H groups in total. The average Bonchev–Trinajstić information content (AvgIpc) is 2.08. The van der Waals surface area contributed by atoms with E-state index >= 15 is 0 Å². The van der Waals surface area contributed by atoms with E-state index in [0.29, 0.717) is 0 Å². The van der Waals surface area contributed by atoms with Crippen LogP contribution in [-0.4, -0.2) is 31.8 Å². The van der Waals surface area contributed by atoms with Crippen LogP contribution in [0.25, 0.3) is 0 Å². The fourth-order valence-corrected chi connectivity index (χ4v) is 1.17. The quantitative estimate of drug-likeness (QED) is 0.494. The summed E-state index contributed by atoms with van der Waals surface area (Å²) in [6.45, 7) is 3.73. The smallest absolute Gasteiger partial charge is 0.0884 e. The number of nitrogens with one attached hydrogen (secondary N) is 1. The normalized spacial score (nSPS) is 43.7. The molecule has 1 fully saturated rings. The molecular formula is C6H14N2O. The molecule has 3 nitrogen and oxygen atoms in total. The van der Waals surface area contributed by atoms with Gasteiger partial charge in [-0.3, -0.25) is 0 Å². The number of nitrogens with two attached hydrogens (primary N) is 1. The molecule has 0 bridgehead atoms. The van der Waals surface area contributed by atoms with Crippen molar-refractivity contribution >= 4 is 0 Å². The van der Waals surface area contributed by atoms with Gasteiger partial charge in [-0.05, 0) is 6.92 Å². The third-order valence-electron chi connectivity index (χ3n) is 1.86. The lowest BCUT2D eigenvalue weighted by atomic mass is 10.0. The van der Waals surface area contributed by atoms with Gasteiger partial charge in [-0.2, -0.15) is 0 Å². The van der Waals surface area contributed by atoms with E-state index in [0.717, 1.165) is 13.1 Å². The molecule has 0 aromatic rings. The molecule has 1 aliphatic rings. The first-order valence-corrected chi connectivity index (χ1v) is 3.19. The van der Waals surface area contributed by atoms with E-state index in [4.69, 9.17) is 10.5 Å². The van der Waals surface area contributed by atoms with E-state index in [1.807, 2.05) is 6.92 Å². The summed E-state index contributed by atoms with van der Waals surface area (Å²) in [6, 6.07) is 0. The first-order chi connectivity index (χ1) is 4.17. The van der Waals surface area contributed by atoms with Crippen LogP contribution in [0, 0.1) is 0 Å². The maximum absolute atomic E-state index is 5.85. The molecule has 2 atom stereocenters. The van der Waals surface area contributed by atoms with Crippen LogP contribution in [0.1, 0.15) is 6.92 Å². The molecule has 0 spiro atoms. The molecule has 1 heterocycles. The SMILES string of the molecule is COC1CNCC1(C)N. The summed E-state index contributed by atoms with van der Waals surface area (Å²) >= 11 is 0. The van der Waals surface area contributed by atoms with E-state index in [-0.39, 0.29) is 11.6 Å². The van der Waals surface area contributed by atoms with Crippen LogP contribution in [0.5, 0.6) is 0 Å². The Bertz CT molecular complexity index is 103. The van der Waals surface area contributed by atoms with Gasteiger partial charge in [-0.1, -0.05) is 0 Å². The summed E-state index contributed by atoms with van der Waals surface area (Å²) < 4.78 is 5.14. The molecule has 0 aromatic carbocycles. The molecule has 0 radical (unpaired) electrons. The number of hydrogen-bond donors (Lipinski definition) is 2. The number of hydrogen-bond acceptors (Lipinski definition) is 3. The fraction of sp³-hybridized carbons (Fsp3) is 1.00. The van der Waals surface area contributed by atoms with Gasteiger partial charge in [0.15, 0.2) is 0 Å². The van der Waals surface area contributed by atoms with E-state index in [1.165, 1.54) is 0 Å². The standard InChI is InChI=1S/C6H14N2O/c1-6(7)4-8-3-5(6)9-2/h5,8H,3-4,7H2,1-2H3. The Morgan fingerprint density at radius 2 is 2.44 bits per heavy atom. The second-order valence-electron chi connectivity index (χ2n) is 2.86. The highest BCUT2D eigenvalue weighted by Gasteiger charge is 2.34. The van der Waals surface area contributed by atoms with Crippen LogP contribution in [0.15, 0.2) is 0 Å². The third-order valence-corrected chi connectivity index (χ3v) is 1.86. The topological polar surface area (TPSA) is 47.3 Å². The molecule has 2 unspecified atom stereocenters. The Balaban J connectivity index is 2.52.